The molecule has 4 heteroatoms. The smallest absolute Gasteiger partial charge is 0.104 e. The highest BCUT2D eigenvalue weighted by Crippen LogP contribution is 2.59. The molecule has 0 aliphatic heterocycles. The highest BCUT2D eigenvalue weighted by Gasteiger charge is 2.61. The first-order valence-corrected chi connectivity index (χ1v) is 5.80. The minimum absolute atomic E-state index is 0.130. The molecule has 1 unspecified atom stereocenters. The van der Waals surface area contributed by atoms with Gasteiger partial charge in [0.25, 0.3) is 0 Å². The molecule has 0 radical (unpaired) electrons. The van der Waals surface area contributed by atoms with Gasteiger partial charge in [0, 0.05) is 0 Å². The van der Waals surface area contributed by atoms with Gasteiger partial charge < -0.3 is 5.73 Å². The molecular formula is C13H16N4. The van der Waals surface area contributed by atoms with E-state index in [4.69, 9.17) is 5.73 Å². The molecule has 1 heterocycles. The Morgan fingerprint density at radius 3 is 2.47 bits per heavy atom. The Bertz CT molecular complexity index is 544. The molecule has 4 nitrogen and oxygen atoms in total. The van der Waals surface area contributed by atoms with E-state index in [0.717, 1.165) is 17.8 Å². The number of para-hydroxylation sites is 1. The van der Waals surface area contributed by atoms with Crippen molar-refractivity contribution in [1.82, 2.24) is 15.0 Å². The molecule has 3 rings (SSSR count). The fraction of sp³-hybridized carbons (Fsp3) is 0.385. The Morgan fingerprint density at radius 2 is 1.88 bits per heavy atom. The summed E-state index contributed by atoms with van der Waals surface area (Å²) in [6.07, 6.45) is 2.90. The first-order valence-electron chi connectivity index (χ1n) is 5.80. The summed E-state index contributed by atoms with van der Waals surface area (Å²) < 4.78 is 1.78. The maximum atomic E-state index is 6.32. The van der Waals surface area contributed by atoms with E-state index in [-0.39, 0.29) is 11.0 Å². The molecule has 0 spiro atoms. The number of hydrogen-bond acceptors (Lipinski definition) is 3. The summed E-state index contributed by atoms with van der Waals surface area (Å²) in [7, 11) is 0. The fourth-order valence-electron chi connectivity index (χ4n) is 2.27. The lowest BCUT2D eigenvalue weighted by Crippen LogP contribution is -2.25. The van der Waals surface area contributed by atoms with E-state index in [2.05, 4.69) is 24.2 Å². The normalized spacial score (nSPS) is 25.8. The van der Waals surface area contributed by atoms with E-state index in [9.17, 15) is 0 Å². The Kier molecular flexibility index (Phi) is 1.95. The van der Waals surface area contributed by atoms with Gasteiger partial charge in [-0.1, -0.05) is 37.3 Å². The Labute approximate surface area is 100 Å². The van der Waals surface area contributed by atoms with Crippen molar-refractivity contribution in [1.29, 1.82) is 0 Å². The lowest BCUT2D eigenvalue weighted by atomic mass is 10.0. The minimum Gasteiger partial charge on any atom is -0.320 e. The molecule has 1 aromatic heterocycles. The zero-order valence-electron chi connectivity index (χ0n) is 10.1. The van der Waals surface area contributed by atoms with Gasteiger partial charge >= 0.3 is 0 Å². The van der Waals surface area contributed by atoms with Crippen LogP contribution in [0.5, 0.6) is 0 Å². The van der Waals surface area contributed by atoms with Crippen LogP contribution in [0.1, 0.15) is 26.0 Å². The van der Waals surface area contributed by atoms with Crippen LogP contribution in [0.4, 0.5) is 0 Å². The van der Waals surface area contributed by atoms with Gasteiger partial charge in [0.05, 0.1) is 17.4 Å². The standard InChI is InChI=1S/C13H16N4/c1-12(2)9-13(12,14)11-8-17(16-15-11)10-6-4-3-5-7-10/h3-8H,9,14H2,1-2H3. The molecule has 0 saturated heterocycles. The predicted octanol–water partition coefficient (Wildman–Crippen LogP) is 1.85. The Balaban J connectivity index is 1.95. The van der Waals surface area contributed by atoms with Crippen molar-refractivity contribution in [2.45, 2.75) is 25.8 Å². The van der Waals surface area contributed by atoms with Crippen molar-refractivity contribution in [3.63, 3.8) is 0 Å². The van der Waals surface area contributed by atoms with Crippen LogP contribution < -0.4 is 5.73 Å². The molecule has 1 saturated carbocycles. The maximum absolute atomic E-state index is 6.32. The van der Waals surface area contributed by atoms with Crippen LogP contribution in [0.3, 0.4) is 0 Å². The summed E-state index contributed by atoms with van der Waals surface area (Å²) in [5, 5.41) is 8.36. The number of hydrogen-bond donors (Lipinski definition) is 1. The SMILES string of the molecule is CC1(C)CC1(N)c1cn(-c2ccccc2)nn1. The Morgan fingerprint density at radius 1 is 1.24 bits per heavy atom. The van der Waals surface area contributed by atoms with Crippen LogP contribution in [0.2, 0.25) is 0 Å². The van der Waals surface area contributed by atoms with E-state index in [0.29, 0.717) is 0 Å². The number of rotatable bonds is 2. The number of aromatic nitrogens is 3. The molecule has 2 N–H and O–H groups in total. The van der Waals surface area contributed by atoms with Gasteiger partial charge in [0.1, 0.15) is 5.69 Å². The second-order valence-corrected chi connectivity index (χ2v) is 5.42. The zero-order valence-corrected chi connectivity index (χ0v) is 10.1. The Hall–Kier alpha value is -1.68. The zero-order chi connectivity index (χ0) is 12.1. The molecule has 0 amide bonds. The van der Waals surface area contributed by atoms with Crippen LogP contribution in [-0.2, 0) is 5.54 Å². The summed E-state index contributed by atoms with van der Waals surface area (Å²) in [6.45, 7) is 4.32. The second-order valence-electron chi connectivity index (χ2n) is 5.42. The fourth-order valence-corrected chi connectivity index (χ4v) is 2.27. The van der Waals surface area contributed by atoms with Crippen LogP contribution in [0.25, 0.3) is 5.69 Å². The molecule has 1 fully saturated rings. The predicted molar refractivity (Wildman–Crippen MR) is 65.6 cm³/mol. The highest BCUT2D eigenvalue weighted by atomic mass is 15.4. The maximum Gasteiger partial charge on any atom is 0.104 e. The van der Waals surface area contributed by atoms with Gasteiger partial charge in [-0.2, -0.15) is 0 Å². The minimum atomic E-state index is -0.306. The van der Waals surface area contributed by atoms with Crippen LogP contribution in [-0.4, -0.2) is 15.0 Å². The van der Waals surface area contributed by atoms with Gasteiger partial charge in [-0.3, -0.25) is 0 Å². The van der Waals surface area contributed by atoms with Crippen molar-refractivity contribution < 1.29 is 0 Å². The average molecular weight is 228 g/mol. The molecule has 1 aliphatic rings. The van der Waals surface area contributed by atoms with E-state index < -0.39 is 0 Å². The molecule has 1 aliphatic carbocycles. The van der Waals surface area contributed by atoms with E-state index in [1.165, 1.54) is 0 Å². The third-order valence-electron chi connectivity index (χ3n) is 3.77. The van der Waals surface area contributed by atoms with Crippen molar-refractivity contribution in [2.75, 3.05) is 0 Å². The molecule has 17 heavy (non-hydrogen) atoms. The van der Waals surface area contributed by atoms with Crippen molar-refractivity contribution >= 4 is 0 Å². The van der Waals surface area contributed by atoms with Crippen molar-refractivity contribution in [2.24, 2.45) is 11.1 Å². The summed E-state index contributed by atoms with van der Waals surface area (Å²) >= 11 is 0. The van der Waals surface area contributed by atoms with Gasteiger partial charge in [-0.25, -0.2) is 4.68 Å². The van der Waals surface area contributed by atoms with Crippen molar-refractivity contribution in [3.8, 4) is 5.69 Å². The first-order chi connectivity index (χ1) is 8.03. The lowest BCUT2D eigenvalue weighted by Gasteiger charge is -2.10. The third-order valence-corrected chi connectivity index (χ3v) is 3.77. The van der Waals surface area contributed by atoms with E-state index in [1.807, 2.05) is 36.5 Å². The van der Waals surface area contributed by atoms with Gasteiger partial charge in [-0.05, 0) is 24.0 Å². The van der Waals surface area contributed by atoms with Gasteiger partial charge in [0.15, 0.2) is 0 Å². The van der Waals surface area contributed by atoms with Crippen LogP contribution >= 0.6 is 0 Å². The van der Waals surface area contributed by atoms with Gasteiger partial charge in [0.2, 0.25) is 0 Å². The topological polar surface area (TPSA) is 56.7 Å². The largest absolute Gasteiger partial charge is 0.320 e. The highest BCUT2D eigenvalue weighted by molar-refractivity contribution is 5.33. The van der Waals surface area contributed by atoms with Crippen LogP contribution in [0.15, 0.2) is 36.5 Å². The van der Waals surface area contributed by atoms with E-state index in [1.54, 1.807) is 4.68 Å². The second kappa shape index (κ2) is 3.17. The third kappa shape index (κ3) is 1.48. The molecular weight excluding hydrogens is 212 g/mol. The van der Waals surface area contributed by atoms with Crippen LogP contribution in [0, 0.1) is 5.41 Å². The summed E-state index contributed by atoms with van der Waals surface area (Å²) in [6, 6.07) is 9.95. The lowest BCUT2D eigenvalue weighted by molar-refractivity contribution is 0.499. The monoisotopic (exact) mass is 228 g/mol. The summed E-state index contributed by atoms with van der Waals surface area (Å²) in [5.74, 6) is 0. The average Bonchev–Trinajstić information content (AvgIpc) is 2.72. The summed E-state index contributed by atoms with van der Waals surface area (Å²) in [4.78, 5) is 0. The first kappa shape index (κ1) is 10.5. The van der Waals surface area contributed by atoms with E-state index >= 15 is 0 Å². The number of nitrogens with zero attached hydrogens (tertiary/aromatic N) is 3. The molecule has 0 bridgehead atoms. The molecule has 2 aromatic rings. The number of nitrogens with two attached hydrogens (primary N) is 1. The quantitative estimate of drug-likeness (QED) is 0.853. The molecule has 1 aromatic carbocycles. The molecule has 1 atom stereocenters. The molecule has 88 valence electrons. The van der Waals surface area contributed by atoms with Gasteiger partial charge in [-0.15, -0.1) is 5.10 Å². The van der Waals surface area contributed by atoms with Crippen molar-refractivity contribution in [3.05, 3.63) is 42.2 Å². The number of benzene rings is 1. The summed E-state index contributed by atoms with van der Waals surface area (Å²) in [5.41, 5.74) is 8.03.